The second-order valence-electron chi connectivity index (χ2n) is 11.2. The van der Waals surface area contributed by atoms with Gasteiger partial charge >= 0.3 is 5.91 Å². The first kappa shape index (κ1) is 33.5. The van der Waals surface area contributed by atoms with E-state index in [0.29, 0.717) is 75.7 Å². The number of ether oxygens (including phenoxy) is 4. The number of thioether (sulfide) groups is 1. The minimum Gasteiger partial charge on any atom is -0.507 e. The van der Waals surface area contributed by atoms with Crippen LogP contribution >= 0.6 is 34.7 Å². The summed E-state index contributed by atoms with van der Waals surface area (Å²) in [5.41, 5.74) is 2.57. The first-order chi connectivity index (χ1) is 24.4. The molecule has 0 aliphatic carbocycles. The fourth-order valence-corrected chi connectivity index (χ4v) is 7.78. The lowest BCUT2D eigenvalue weighted by Gasteiger charge is -2.24. The van der Waals surface area contributed by atoms with E-state index < -0.39 is 17.7 Å². The highest BCUT2D eigenvalue weighted by Crippen LogP contribution is 2.46. The van der Waals surface area contributed by atoms with E-state index in [0.717, 1.165) is 22.5 Å². The first-order valence-electron chi connectivity index (χ1n) is 15.8. The number of hydrogen-bond donors (Lipinski definition) is 1. The minimum absolute atomic E-state index is 0.118. The van der Waals surface area contributed by atoms with Crippen molar-refractivity contribution in [3.63, 3.8) is 0 Å². The van der Waals surface area contributed by atoms with Crippen molar-refractivity contribution in [2.45, 2.75) is 29.7 Å². The Kier molecular flexibility index (Phi) is 9.92. The fraction of sp³-hybridized carbons (Fsp3) is 0.189. The number of aromatic nitrogens is 2. The second kappa shape index (κ2) is 14.8. The second-order valence-corrected chi connectivity index (χ2v) is 13.8. The van der Waals surface area contributed by atoms with Crippen LogP contribution in [-0.4, -0.2) is 46.8 Å². The summed E-state index contributed by atoms with van der Waals surface area (Å²) in [5.74, 6) is 0.287. The molecule has 2 aliphatic heterocycles. The zero-order valence-electron chi connectivity index (χ0n) is 26.7. The third kappa shape index (κ3) is 6.87. The van der Waals surface area contributed by atoms with Gasteiger partial charge in [0, 0.05) is 16.3 Å². The number of ketones is 1. The van der Waals surface area contributed by atoms with Crippen LogP contribution in [0, 0.1) is 0 Å². The molecule has 0 radical (unpaired) electrons. The van der Waals surface area contributed by atoms with E-state index in [1.807, 2.05) is 61.5 Å². The lowest BCUT2D eigenvalue weighted by atomic mass is 9.95. The van der Waals surface area contributed by atoms with Crippen LogP contribution in [0.3, 0.4) is 0 Å². The third-order valence-electron chi connectivity index (χ3n) is 7.99. The van der Waals surface area contributed by atoms with Crippen LogP contribution in [0.2, 0.25) is 5.02 Å². The van der Waals surface area contributed by atoms with Crippen molar-refractivity contribution in [1.82, 2.24) is 10.2 Å². The summed E-state index contributed by atoms with van der Waals surface area (Å²) in [6.07, 6.45) is 0. The molecule has 1 atom stereocenters. The molecule has 0 bridgehead atoms. The van der Waals surface area contributed by atoms with E-state index in [1.54, 1.807) is 36.4 Å². The molecule has 0 unspecified atom stereocenters. The van der Waals surface area contributed by atoms with Crippen molar-refractivity contribution in [1.29, 1.82) is 0 Å². The van der Waals surface area contributed by atoms with Gasteiger partial charge in [-0.2, -0.15) is 0 Å². The van der Waals surface area contributed by atoms with E-state index in [1.165, 1.54) is 16.7 Å². The summed E-state index contributed by atoms with van der Waals surface area (Å²) >= 11 is 8.93. The fourth-order valence-electron chi connectivity index (χ4n) is 5.62. The van der Waals surface area contributed by atoms with Crippen molar-refractivity contribution >= 4 is 57.3 Å². The SMILES string of the molecule is CCOc1cc([C@@H]2C(=C(O)c3ccc4c(c3)OCCO4)C(=O)C(=O)N2c2nnc(SCc3ccccc3Cl)s2)ccc1OCc1ccccc1. The van der Waals surface area contributed by atoms with Gasteiger partial charge in [-0.05, 0) is 60.0 Å². The van der Waals surface area contributed by atoms with Crippen LogP contribution in [0.25, 0.3) is 5.76 Å². The number of rotatable bonds is 11. The molecule has 3 heterocycles. The van der Waals surface area contributed by atoms with Gasteiger partial charge in [0.25, 0.3) is 5.78 Å². The number of carbonyl (C=O) groups is 2. The van der Waals surface area contributed by atoms with E-state index >= 15 is 0 Å². The Morgan fingerprint density at radius 1 is 0.940 bits per heavy atom. The Balaban J connectivity index is 1.28. The lowest BCUT2D eigenvalue weighted by molar-refractivity contribution is -0.132. The molecule has 13 heteroatoms. The van der Waals surface area contributed by atoms with E-state index in [4.69, 9.17) is 30.5 Å². The monoisotopic (exact) mass is 727 g/mol. The maximum absolute atomic E-state index is 13.9. The number of amides is 1. The number of nitrogens with zero attached hydrogens (tertiary/aromatic N) is 3. The number of aliphatic hydroxyl groups is 1. The largest absolute Gasteiger partial charge is 0.507 e. The molecular formula is C37H30ClN3O7S2. The predicted molar refractivity (Wildman–Crippen MR) is 192 cm³/mol. The van der Waals surface area contributed by atoms with Crippen molar-refractivity contribution < 1.29 is 33.6 Å². The maximum Gasteiger partial charge on any atom is 0.301 e. The van der Waals surface area contributed by atoms with Crippen LogP contribution in [0.4, 0.5) is 5.13 Å². The molecule has 50 heavy (non-hydrogen) atoms. The van der Waals surface area contributed by atoms with E-state index in [9.17, 15) is 14.7 Å². The normalized spacial score (nSPS) is 16.4. The molecule has 1 fully saturated rings. The van der Waals surface area contributed by atoms with Gasteiger partial charge < -0.3 is 24.1 Å². The summed E-state index contributed by atoms with van der Waals surface area (Å²) in [7, 11) is 0. The van der Waals surface area contributed by atoms with Crippen LogP contribution < -0.4 is 23.8 Å². The number of benzene rings is 4. The molecular weight excluding hydrogens is 698 g/mol. The van der Waals surface area contributed by atoms with Gasteiger partial charge in [-0.25, -0.2) is 0 Å². The molecule has 10 nitrogen and oxygen atoms in total. The van der Waals surface area contributed by atoms with Crippen molar-refractivity contribution in [2.75, 3.05) is 24.7 Å². The Labute approximate surface area is 301 Å². The summed E-state index contributed by atoms with van der Waals surface area (Å²) in [6.45, 7) is 3.24. The third-order valence-corrected chi connectivity index (χ3v) is 10.5. The van der Waals surface area contributed by atoms with Crippen LogP contribution in [-0.2, 0) is 21.9 Å². The number of anilines is 1. The van der Waals surface area contributed by atoms with E-state index in [-0.39, 0.29) is 16.5 Å². The molecule has 1 saturated heterocycles. The number of aliphatic hydroxyl groups excluding tert-OH is 1. The average molecular weight is 728 g/mol. The first-order valence-corrected chi connectivity index (χ1v) is 17.9. The number of fused-ring (bicyclic) bond motifs is 1. The minimum atomic E-state index is -1.07. The van der Waals surface area contributed by atoms with Gasteiger partial charge in [0.05, 0.1) is 18.2 Å². The summed E-state index contributed by atoms with van der Waals surface area (Å²) in [5, 5.41) is 21.2. The van der Waals surface area contributed by atoms with Gasteiger partial charge in [0.2, 0.25) is 5.13 Å². The molecule has 7 rings (SSSR count). The van der Waals surface area contributed by atoms with Gasteiger partial charge in [-0.1, -0.05) is 89.3 Å². The zero-order chi connectivity index (χ0) is 34.6. The van der Waals surface area contributed by atoms with E-state index in [2.05, 4.69) is 10.2 Å². The van der Waals surface area contributed by atoms with Crippen LogP contribution in [0.15, 0.2) is 101 Å². The van der Waals surface area contributed by atoms with Crippen LogP contribution in [0.5, 0.6) is 23.0 Å². The zero-order valence-corrected chi connectivity index (χ0v) is 29.1. The summed E-state index contributed by atoms with van der Waals surface area (Å²) in [4.78, 5) is 29.0. The molecule has 0 saturated carbocycles. The Hall–Kier alpha value is -5.04. The molecule has 254 valence electrons. The molecule has 4 aromatic carbocycles. The van der Waals surface area contributed by atoms with Gasteiger partial charge in [0.15, 0.2) is 27.3 Å². The highest BCUT2D eigenvalue weighted by Gasteiger charge is 2.48. The molecule has 0 spiro atoms. The Bertz CT molecular complexity index is 2090. The smallest absolute Gasteiger partial charge is 0.301 e. The lowest BCUT2D eigenvalue weighted by Crippen LogP contribution is -2.29. The van der Waals surface area contributed by atoms with Gasteiger partial charge in [-0.3, -0.25) is 14.5 Å². The molecule has 1 aromatic heterocycles. The standard InChI is InChI=1S/C37H30ClN3O7S2/c1-2-45-29-18-23(12-14-28(29)48-20-22-8-4-3-5-9-22)32-31(33(42)24-13-15-27-30(19-24)47-17-16-46-27)34(43)35(44)41(32)36-39-40-37(50-36)49-21-25-10-6-7-11-26(25)38/h3-15,18-19,32,42H,2,16-17,20-21H2,1H3/t32-/m1/s1. The Morgan fingerprint density at radius 3 is 2.52 bits per heavy atom. The quantitative estimate of drug-likeness (QED) is 0.0473. The van der Waals surface area contributed by atoms with Crippen molar-refractivity contribution in [2.24, 2.45) is 0 Å². The highest BCUT2D eigenvalue weighted by atomic mass is 35.5. The highest BCUT2D eigenvalue weighted by molar-refractivity contribution is 8.00. The number of hydrogen-bond acceptors (Lipinski definition) is 11. The molecule has 1 N–H and O–H groups in total. The molecule has 2 aliphatic rings. The topological polar surface area (TPSA) is 120 Å². The number of carbonyl (C=O) groups excluding carboxylic acids is 2. The Morgan fingerprint density at radius 2 is 1.72 bits per heavy atom. The van der Waals surface area contributed by atoms with Gasteiger partial charge in [0.1, 0.15) is 25.6 Å². The maximum atomic E-state index is 13.9. The summed E-state index contributed by atoms with van der Waals surface area (Å²) in [6, 6.07) is 26.2. The summed E-state index contributed by atoms with van der Waals surface area (Å²) < 4.78 is 24.1. The predicted octanol–water partition coefficient (Wildman–Crippen LogP) is 7.86. The number of Topliss-reactive ketones (excluding diaryl/α,β-unsaturated/α-hetero) is 1. The number of halogens is 1. The van der Waals surface area contributed by atoms with Crippen molar-refractivity contribution in [3.05, 3.63) is 124 Å². The molecule has 5 aromatic rings. The average Bonchev–Trinajstić information content (AvgIpc) is 3.72. The van der Waals surface area contributed by atoms with Crippen LogP contribution in [0.1, 0.15) is 35.2 Å². The van der Waals surface area contributed by atoms with Gasteiger partial charge in [-0.15, -0.1) is 10.2 Å². The molecule has 1 amide bonds. The van der Waals surface area contributed by atoms with Crippen molar-refractivity contribution in [3.8, 4) is 23.0 Å².